The first-order valence-electron chi connectivity index (χ1n) is 8.21. The van der Waals surface area contributed by atoms with Crippen molar-refractivity contribution in [2.75, 3.05) is 33.8 Å². The van der Waals surface area contributed by atoms with Gasteiger partial charge in [-0.05, 0) is 12.8 Å². The van der Waals surface area contributed by atoms with Crippen LogP contribution in [0.1, 0.15) is 12.8 Å². The summed E-state index contributed by atoms with van der Waals surface area (Å²) < 4.78 is 14.2. The van der Waals surface area contributed by atoms with E-state index in [1.807, 2.05) is 24.3 Å². The van der Waals surface area contributed by atoms with E-state index in [1.165, 1.54) is 6.08 Å². The third-order valence-corrected chi connectivity index (χ3v) is 3.99. The molecule has 0 saturated carbocycles. The number of carbonyl (C=O) groups excluding carboxylic acids is 1. The first kappa shape index (κ1) is 20.6. The summed E-state index contributed by atoms with van der Waals surface area (Å²) in [6.07, 6.45) is 12.6. The number of rotatable bonds is 8. The lowest BCUT2D eigenvalue weighted by atomic mass is 10.1. The number of aliphatic hydroxyl groups excluding tert-OH is 1. The molecule has 1 aliphatic rings. The molecule has 1 aliphatic carbocycles. The van der Waals surface area contributed by atoms with Crippen molar-refractivity contribution in [3.05, 3.63) is 72.3 Å². The second-order valence-corrected chi connectivity index (χ2v) is 5.80. The quantitative estimate of drug-likeness (QED) is 0.542. The van der Waals surface area contributed by atoms with E-state index < -0.39 is 12.4 Å². The van der Waals surface area contributed by atoms with Crippen molar-refractivity contribution in [1.82, 2.24) is 9.80 Å². The summed E-state index contributed by atoms with van der Waals surface area (Å²) in [5.74, 6) is -0.657. The minimum absolute atomic E-state index is 0.0660. The van der Waals surface area contributed by atoms with E-state index in [1.54, 1.807) is 23.9 Å². The normalized spacial score (nSPS) is 17.4. The fourth-order valence-corrected chi connectivity index (χ4v) is 2.22. The fraction of sp³-hybridized carbons (Fsp3) is 0.350. The van der Waals surface area contributed by atoms with Gasteiger partial charge in [-0.25, -0.2) is 4.39 Å². The van der Waals surface area contributed by atoms with Gasteiger partial charge in [0.05, 0.1) is 12.3 Å². The molecule has 1 amide bonds. The minimum Gasteiger partial charge on any atom is -0.392 e. The molecule has 0 radical (unpaired) electrons. The molecule has 1 rings (SSSR count). The lowest BCUT2D eigenvalue weighted by molar-refractivity contribution is -0.125. The Labute approximate surface area is 149 Å². The summed E-state index contributed by atoms with van der Waals surface area (Å²) in [6.45, 7) is 7.58. The van der Waals surface area contributed by atoms with Crippen molar-refractivity contribution in [2.45, 2.75) is 12.8 Å². The minimum atomic E-state index is -0.591. The molecular formula is C20H27FN2O2. The van der Waals surface area contributed by atoms with Gasteiger partial charge < -0.3 is 14.9 Å². The van der Waals surface area contributed by atoms with Crippen LogP contribution in [0.25, 0.3) is 0 Å². The number of aliphatic hydroxyl groups is 1. The third-order valence-electron chi connectivity index (χ3n) is 3.99. The van der Waals surface area contributed by atoms with Crippen molar-refractivity contribution in [3.8, 4) is 0 Å². The first-order valence-corrected chi connectivity index (χ1v) is 8.21. The van der Waals surface area contributed by atoms with Crippen LogP contribution in [0.3, 0.4) is 0 Å². The van der Waals surface area contributed by atoms with Crippen LogP contribution in [0.4, 0.5) is 4.39 Å². The standard InChI is InChI=1S/C20H27FN2O2/c1-5-17(15-24)19(21)16(2)22(3)13-14-23(4)20(25)18-11-9-7-6-8-10-12-18/h5-7,10-12,24H,1-2,8-9,13-15H2,3-4H3/b7-6-,12-10-,18-11?,19-17-. The molecule has 25 heavy (non-hydrogen) atoms. The van der Waals surface area contributed by atoms with Gasteiger partial charge in [0.2, 0.25) is 0 Å². The van der Waals surface area contributed by atoms with Gasteiger partial charge in [-0.3, -0.25) is 4.79 Å². The average Bonchev–Trinajstić information content (AvgIpc) is 2.58. The maximum atomic E-state index is 14.2. The van der Waals surface area contributed by atoms with Gasteiger partial charge in [-0.2, -0.15) is 0 Å². The molecule has 0 heterocycles. The van der Waals surface area contributed by atoms with Crippen LogP contribution < -0.4 is 0 Å². The number of likely N-dealkylation sites (N-methyl/N-ethyl adjacent to an activating group) is 2. The summed E-state index contributed by atoms with van der Waals surface area (Å²) in [5, 5.41) is 9.11. The van der Waals surface area contributed by atoms with Crippen LogP contribution in [0.2, 0.25) is 0 Å². The zero-order chi connectivity index (χ0) is 18.8. The number of allylic oxidation sites excluding steroid dienone is 5. The number of carbonyl (C=O) groups is 1. The van der Waals surface area contributed by atoms with Crippen LogP contribution in [-0.2, 0) is 4.79 Å². The predicted molar refractivity (Wildman–Crippen MR) is 100 cm³/mol. The van der Waals surface area contributed by atoms with Crippen molar-refractivity contribution < 1.29 is 14.3 Å². The van der Waals surface area contributed by atoms with Gasteiger partial charge in [0, 0.05) is 38.3 Å². The summed E-state index contributed by atoms with van der Waals surface area (Å²) in [6, 6.07) is 0. The van der Waals surface area contributed by atoms with E-state index in [9.17, 15) is 9.18 Å². The highest BCUT2D eigenvalue weighted by atomic mass is 19.1. The second kappa shape index (κ2) is 10.5. The van der Waals surface area contributed by atoms with Crippen LogP contribution in [-0.4, -0.2) is 54.6 Å². The summed E-state index contributed by atoms with van der Waals surface area (Å²) >= 11 is 0. The van der Waals surface area contributed by atoms with Crippen molar-refractivity contribution in [2.24, 2.45) is 0 Å². The summed E-state index contributed by atoms with van der Waals surface area (Å²) in [4.78, 5) is 15.7. The molecule has 0 saturated heterocycles. The maximum absolute atomic E-state index is 14.2. The fourth-order valence-electron chi connectivity index (χ4n) is 2.22. The first-order chi connectivity index (χ1) is 11.9. The molecule has 0 spiro atoms. The van der Waals surface area contributed by atoms with E-state index in [2.05, 4.69) is 19.2 Å². The third kappa shape index (κ3) is 6.19. The molecule has 0 aromatic heterocycles. The highest BCUT2D eigenvalue weighted by molar-refractivity contribution is 5.96. The monoisotopic (exact) mass is 346 g/mol. The van der Waals surface area contributed by atoms with Gasteiger partial charge in [0.15, 0.2) is 5.83 Å². The van der Waals surface area contributed by atoms with E-state index in [0.29, 0.717) is 18.7 Å². The Kier molecular flexibility index (Phi) is 8.64. The Morgan fingerprint density at radius 1 is 1.24 bits per heavy atom. The summed E-state index contributed by atoms with van der Waals surface area (Å²) in [7, 11) is 3.41. The Morgan fingerprint density at radius 2 is 1.88 bits per heavy atom. The van der Waals surface area contributed by atoms with Crippen LogP contribution in [0, 0.1) is 0 Å². The zero-order valence-electron chi connectivity index (χ0n) is 15.0. The molecule has 0 aliphatic heterocycles. The Bertz CT molecular complexity index is 630. The van der Waals surface area contributed by atoms with E-state index in [4.69, 9.17) is 5.11 Å². The smallest absolute Gasteiger partial charge is 0.253 e. The Hall–Kier alpha value is -2.40. The van der Waals surface area contributed by atoms with Crippen molar-refractivity contribution >= 4 is 5.91 Å². The number of nitrogens with zero attached hydrogens (tertiary/aromatic N) is 2. The topological polar surface area (TPSA) is 43.8 Å². The van der Waals surface area contributed by atoms with Crippen LogP contribution >= 0.6 is 0 Å². The number of hydrogen-bond donors (Lipinski definition) is 1. The molecule has 1 N–H and O–H groups in total. The SMILES string of the molecule is C=C/C(CO)=C(/F)C(=C)N(C)CCN(C)C(=O)C1=CC/C=C\C/C=C\1. The molecule has 0 fully saturated rings. The Balaban J connectivity index is 2.66. The van der Waals surface area contributed by atoms with Gasteiger partial charge in [-0.1, -0.05) is 49.6 Å². The number of amides is 1. The van der Waals surface area contributed by atoms with Crippen molar-refractivity contribution in [1.29, 1.82) is 0 Å². The average molecular weight is 346 g/mol. The van der Waals surface area contributed by atoms with E-state index in [-0.39, 0.29) is 17.2 Å². The molecule has 0 unspecified atom stereocenters. The molecule has 5 heteroatoms. The molecule has 0 aromatic rings. The largest absolute Gasteiger partial charge is 0.392 e. The van der Waals surface area contributed by atoms with Crippen molar-refractivity contribution in [3.63, 3.8) is 0 Å². The zero-order valence-corrected chi connectivity index (χ0v) is 15.0. The lowest BCUT2D eigenvalue weighted by Crippen LogP contribution is -2.35. The number of hydrogen-bond acceptors (Lipinski definition) is 3. The Morgan fingerprint density at radius 3 is 2.52 bits per heavy atom. The summed E-state index contributed by atoms with van der Waals surface area (Å²) in [5.41, 5.74) is 0.910. The number of halogens is 1. The molecule has 4 nitrogen and oxygen atoms in total. The van der Waals surface area contributed by atoms with Crippen LogP contribution in [0.15, 0.2) is 72.3 Å². The van der Waals surface area contributed by atoms with Gasteiger partial charge in [0.1, 0.15) is 0 Å². The van der Waals surface area contributed by atoms with Crippen LogP contribution in [0.5, 0.6) is 0 Å². The van der Waals surface area contributed by atoms with Gasteiger partial charge >= 0.3 is 0 Å². The van der Waals surface area contributed by atoms with E-state index in [0.717, 1.165) is 12.8 Å². The highest BCUT2D eigenvalue weighted by Crippen LogP contribution is 2.18. The predicted octanol–water partition coefficient (Wildman–Crippen LogP) is 3.12. The second-order valence-electron chi connectivity index (χ2n) is 5.80. The molecule has 136 valence electrons. The molecular weight excluding hydrogens is 319 g/mol. The van der Waals surface area contributed by atoms with Gasteiger partial charge in [-0.15, -0.1) is 0 Å². The highest BCUT2D eigenvalue weighted by Gasteiger charge is 2.15. The maximum Gasteiger partial charge on any atom is 0.253 e. The lowest BCUT2D eigenvalue weighted by Gasteiger charge is -2.25. The van der Waals surface area contributed by atoms with Gasteiger partial charge in [0.25, 0.3) is 5.91 Å². The molecule has 0 atom stereocenters. The molecule has 0 aromatic carbocycles. The molecule has 0 bridgehead atoms. The van der Waals surface area contributed by atoms with E-state index >= 15 is 0 Å².